The average molecular weight is 309 g/mol. The Morgan fingerprint density at radius 1 is 0.913 bits per heavy atom. The lowest BCUT2D eigenvalue weighted by Crippen LogP contribution is -2.40. The van der Waals surface area contributed by atoms with Crippen LogP contribution < -0.4 is 0 Å². The number of rotatable bonds is 8. The molecule has 0 unspecified atom stereocenters. The summed E-state index contributed by atoms with van der Waals surface area (Å²) in [5, 5.41) is 0. The molecule has 0 spiro atoms. The summed E-state index contributed by atoms with van der Waals surface area (Å²) in [5.41, 5.74) is 2.58. The van der Waals surface area contributed by atoms with E-state index in [-0.39, 0.29) is 12.1 Å². The number of hydrogen-bond acceptors (Lipinski definition) is 2. The third-order valence-electron chi connectivity index (χ3n) is 4.52. The first-order chi connectivity index (χ1) is 11.1. The number of benzene rings is 2. The lowest BCUT2D eigenvalue weighted by atomic mass is 9.95. The van der Waals surface area contributed by atoms with Crippen molar-refractivity contribution < 1.29 is 4.79 Å². The molecule has 2 nitrogen and oxygen atoms in total. The summed E-state index contributed by atoms with van der Waals surface area (Å²) in [6, 6.07) is 21.5. The van der Waals surface area contributed by atoms with E-state index >= 15 is 0 Å². The number of hydrogen-bond donors (Lipinski definition) is 0. The van der Waals surface area contributed by atoms with Gasteiger partial charge in [-0.15, -0.1) is 0 Å². The number of carbonyl (C=O) groups excluding carboxylic acids is 1. The monoisotopic (exact) mass is 309 g/mol. The summed E-state index contributed by atoms with van der Waals surface area (Å²) in [5.74, 6) is 0.426. The molecule has 0 saturated heterocycles. The van der Waals surface area contributed by atoms with Crippen molar-refractivity contribution in [2.24, 2.45) is 5.92 Å². The van der Waals surface area contributed by atoms with Gasteiger partial charge in [-0.25, -0.2) is 0 Å². The van der Waals surface area contributed by atoms with Crippen LogP contribution in [0.15, 0.2) is 60.7 Å². The molecule has 0 N–H and O–H groups in total. The normalized spacial score (nSPS) is 14.0. The fraction of sp³-hybridized carbons (Fsp3) is 0.381. The van der Waals surface area contributed by atoms with E-state index in [4.69, 9.17) is 0 Å². The lowest BCUT2D eigenvalue weighted by Gasteiger charge is -2.38. The molecule has 0 amide bonds. The first-order valence-electron chi connectivity index (χ1n) is 8.41. The third kappa shape index (κ3) is 4.77. The van der Waals surface area contributed by atoms with E-state index in [0.717, 1.165) is 12.8 Å². The first kappa shape index (κ1) is 17.4. The van der Waals surface area contributed by atoms with Crippen LogP contribution in [-0.2, 0) is 11.3 Å². The average Bonchev–Trinajstić information content (AvgIpc) is 2.59. The summed E-state index contributed by atoms with van der Waals surface area (Å²) >= 11 is 0. The van der Waals surface area contributed by atoms with Crippen LogP contribution in [0, 0.1) is 5.92 Å². The van der Waals surface area contributed by atoms with Gasteiger partial charge in [0.05, 0.1) is 0 Å². The molecule has 2 heteroatoms. The second-order valence-corrected chi connectivity index (χ2v) is 6.46. The molecule has 0 aliphatic heterocycles. The van der Waals surface area contributed by atoms with Crippen LogP contribution >= 0.6 is 0 Å². The highest BCUT2D eigenvalue weighted by atomic mass is 16.1. The molecule has 122 valence electrons. The quantitative estimate of drug-likeness (QED) is 0.649. The third-order valence-corrected chi connectivity index (χ3v) is 4.52. The lowest BCUT2D eigenvalue weighted by molar-refractivity contribution is -0.109. The van der Waals surface area contributed by atoms with E-state index in [0.29, 0.717) is 12.3 Å². The van der Waals surface area contributed by atoms with E-state index < -0.39 is 0 Å². The summed E-state index contributed by atoms with van der Waals surface area (Å²) in [6.07, 6.45) is 1.63. The van der Waals surface area contributed by atoms with Crippen LogP contribution in [0.1, 0.15) is 44.4 Å². The van der Waals surface area contributed by atoms with Crippen molar-refractivity contribution in [1.82, 2.24) is 4.90 Å². The Hall–Kier alpha value is -1.93. The molecule has 0 heterocycles. The molecular weight excluding hydrogens is 282 g/mol. The molecule has 2 atom stereocenters. The zero-order chi connectivity index (χ0) is 16.7. The Labute approximate surface area is 140 Å². The zero-order valence-electron chi connectivity index (χ0n) is 14.4. The Morgan fingerprint density at radius 3 is 2.00 bits per heavy atom. The van der Waals surface area contributed by atoms with Gasteiger partial charge in [0.15, 0.2) is 0 Å². The molecular formula is C21H27NO. The fourth-order valence-corrected chi connectivity index (χ4v) is 3.15. The highest BCUT2D eigenvalue weighted by Crippen LogP contribution is 2.28. The minimum absolute atomic E-state index is 0.239. The van der Waals surface area contributed by atoms with Gasteiger partial charge in [0.1, 0.15) is 6.29 Å². The number of carbonyl (C=O) groups is 1. The van der Waals surface area contributed by atoms with E-state index in [1.54, 1.807) is 0 Å². The second kappa shape index (κ2) is 8.64. The minimum atomic E-state index is 0.239. The van der Waals surface area contributed by atoms with Crippen molar-refractivity contribution in [3.05, 3.63) is 71.8 Å². The standard InChI is InChI=1S/C21H27NO/c1-17(2)21(14-15-23)22(16-19-10-6-4-7-11-19)18(3)20-12-8-5-9-13-20/h4-13,15,17-18,21H,14,16H2,1-3H3/t18-,21+/m0/s1. The molecule has 2 rings (SSSR count). The fourth-order valence-electron chi connectivity index (χ4n) is 3.15. The van der Waals surface area contributed by atoms with E-state index in [2.05, 4.69) is 74.2 Å². The zero-order valence-corrected chi connectivity index (χ0v) is 14.4. The first-order valence-corrected chi connectivity index (χ1v) is 8.41. The van der Waals surface area contributed by atoms with Gasteiger partial charge in [0.25, 0.3) is 0 Å². The predicted molar refractivity (Wildman–Crippen MR) is 96.1 cm³/mol. The van der Waals surface area contributed by atoms with Crippen LogP contribution in [0.3, 0.4) is 0 Å². The van der Waals surface area contributed by atoms with E-state index in [1.165, 1.54) is 11.1 Å². The molecule has 0 aliphatic carbocycles. The van der Waals surface area contributed by atoms with Crippen LogP contribution in [-0.4, -0.2) is 17.2 Å². The number of nitrogens with zero attached hydrogens (tertiary/aromatic N) is 1. The smallest absolute Gasteiger partial charge is 0.121 e. The highest BCUT2D eigenvalue weighted by Gasteiger charge is 2.26. The van der Waals surface area contributed by atoms with Crippen LogP contribution in [0.4, 0.5) is 0 Å². The topological polar surface area (TPSA) is 20.3 Å². The van der Waals surface area contributed by atoms with Gasteiger partial charge in [0.2, 0.25) is 0 Å². The van der Waals surface area contributed by atoms with Crippen LogP contribution in [0.25, 0.3) is 0 Å². The van der Waals surface area contributed by atoms with Gasteiger partial charge in [0, 0.05) is 25.0 Å². The summed E-state index contributed by atoms with van der Waals surface area (Å²) in [4.78, 5) is 13.7. The Bertz CT molecular complexity index is 579. The van der Waals surface area contributed by atoms with Gasteiger partial charge >= 0.3 is 0 Å². The molecule has 0 bridgehead atoms. The van der Waals surface area contributed by atoms with Gasteiger partial charge in [-0.1, -0.05) is 74.5 Å². The number of aldehydes is 1. The summed E-state index contributed by atoms with van der Waals surface area (Å²) in [7, 11) is 0. The Morgan fingerprint density at radius 2 is 1.48 bits per heavy atom. The molecule has 2 aromatic rings. The van der Waals surface area contributed by atoms with Crippen molar-refractivity contribution >= 4 is 6.29 Å². The van der Waals surface area contributed by atoms with Crippen molar-refractivity contribution in [3.8, 4) is 0 Å². The maximum Gasteiger partial charge on any atom is 0.121 e. The maximum atomic E-state index is 11.2. The van der Waals surface area contributed by atoms with Crippen LogP contribution in [0.5, 0.6) is 0 Å². The van der Waals surface area contributed by atoms with Gasteiger partial charge < -0.3 is 4.79 Å². The minimum Gasteiger partial charge on any atom is -0.303 e. The molecule has 23 heavy (non-hydrogen) atoms. The van der Waals surface area contributed by atoms with Crippen molar-refractivity contribution in [3.63, 3.8) is 0 Å². The predicted octanol–water partition coefficient (Wildman–Crippen LogP) is 4.86. The highest BCUT2D eigenvalue weighted by molar-refractivity contribution is 5.50. The van der Waals surface area contributed by atoms with E-state index in [9.17, 15) is 4.79 Å². The Balaban J connectivity index is 2.31. The Kier molecular flexibility index (Phi) is 6.54. The van der Waals surface area contributed by atoms with Gasteiger partial charge in [-0.05, 0) is 24.0 Å². The molecule has 0 fully saturated rings. The second-order valence-electron chi connectivity index (χ2n) is 6.46. The largest absolute Gasteiger partial charge is 0.303 e. The summed E-state index contributed by atoms with van der Waals surface area (Å²) < 4.78 is 0. The van der Waals surface area contributed by atoms with E-state index in [1.807, 2.05) is 12.1 Å². The van der Waals surface area contributed by atoms with Gasteiger partial charge in [-0.2, -0.15) is 0 Å². The van der Waals surface area contributed by atoms with Crippen molar-refractivity contribution in [1.29, 1.82) is 0 Å². The molecule has 0 saturated carbocycles. The molecule has 0 radical (unpaired) electrons. The van der Waals surface area contributed by atoms with Gasteiger partial charge in [-0.3, -0.25) is 4.90 Å². The van der Waals surface area contributed by atoms with Crippen molar-refractivity contribution in [2.75, 3.05) is 0 Å². The molecule has 2 aromatic carbocycles. The van der Waals surface area contributed by atoms with Crippen molar-refractivity contribution in [2.45, 2.75) is 45.8 Å². The molecule has 0 aliphatic rings. The maximum absolute atomic E-state index is 11.2. The summed E-state index contributed by atoms with van der Waals surface area (Å²) in [6.45, 7) is 7.49. The van der Waals surface area contributed by atoms with Crippen LogP contribution in [0.2, 0.25) is 0 Å². The SMILES string of the molecule is CC(C)[C@@H](CC=O)N(Cc1ccccc1)[C@@H](C)c1ccccc1. The molecule has 0 aromatic heterocycles.